The van der Waals surface area contributed by atoms with Gasteiger partial charge in [0.1, 0.15) is 42.2 Å². The second-order valence-electron chi connectivity index (χ2n) is 20.8. The molecular weight excluding hydrogens is 977 g/mol. The number of carboxylic acids is 1. The first-order valence-corrected chi connectivity index (χ1v) is 24.4. The molecule has 3 aliphatic carbocycles. The molecule has 2 amide bonds. The Bertz CT molecular complexity index is 2600. The van der Waals surface area contributed by atoms with Gasteiger partial charge in [-0.25, -0.2) is 19.2 Å². The summed E-state index contributed by atoms with van der Waals surface area (Å²) in [6.07, 6.45) is -10.1. The lowest BCUT2D eigenvalue weighted by atomic mass is 9.44. The third-order valence-electron chi connectivity index (χ3n) is 14.6. The van der Waals surface area contributed by atoms with Crippen LogP contribution in [0.4, 0.5) is 9.59 Å². The van der Waals surface area contributed by atoms with Gasteiger partial charge < -0.3 is 68.6 Å². The van der Waals surface area contributed by atoms with Crippen LogP contribution in [-0.4, -0.2) is 133 Å². The molecule has 20 nitrogen and oxygen atoms in total. The van der Waals surface area contributed by atoms with Gasteiger partial charge in [0.15, 0.2) is 17.5 Å². The smallest absolute Gasteiger partial charge is 0.408 e. The van der Waals surface area contributed by atoms with Crippen molar-refractivity contribution >= 4 is 41.8 Å². The number of ketones is 1. The minimum absolute atomic E-state index is 0.111. The van der Waals surface area contributed by atoms with Crippen LogP contribution >= 0.6 is 0 Å². The lowest BCUT2D eigenvalue weighted by Crippen LogP contribution is -2.82. The van der Waals surface area contributed by atoms with E-state index in [1.54, 1.807) is 121 Å². The SMILES string of the molecule is CO[C@H]1C(=O)[C@]2(C)[C@@H](OC)C[C@H]3OC[C@@]3(OC(C)=O)[C@H]2[C@H](OC(=O)c2ccccc2)[C@]2(O)C[C@H](OC(=O)[C@H](O)[C@@H](NC(=O)OC(C)(C)C)c3ccccc3)C(C)=C1C2(C)C.O=C([O-])CNC(=O)OCc1ccccc1. The molecule has 2 bridgehead atoms. The molecule has 2 saturated carbocycles. The highest BCUT2D eigenvalue weighted by Crippen LogP contribution is 2.65. The van der Waals surface area contributed by atoms with E-state index in [2.05, 4.69) is 5.32 Å². The van der Waals surface area contributed by atoms with E-state index < -0.39 is 131 Å². The van der Waals surface area contributed by atoms with Crippen molar-refractivity contribution in [2.24, 2.45) is 16.7 Å². The topological polar surface area (TPSA) is 281 Å². The highest BCUT2D eigenvalue weighted by atomic mass is 16.6. The first-order valence-electron chi connectivity index (χ1n) is 24.4. The lowest BCUT2D eigenvalue weighted by Gasteiger charge is -2.67. The molecule has 406 valence electrons. The third-order valence-corrected chi connectivity index (χ3v) is 14.6. The van der Waals surface area contributed by atoms with Gasteiger partial charge in [-0.3, -0.25) is 9.59 Å². The van der Waals surface area contributed by atoms with Crippen LogP contribution in [0.1, 0.15) is 95.8 Å². The summed E-state index contributed by atoms with van der Waals surface area (Å²) in [5.74, 6) is -5.88. The quantitative estimate of drug-likeness (QED) is 0.0998. The Balaban J connectivity index is 0.000000524. The molecule has 1 saturated heterocycles. The van der Waals surface area contributed by atoms with Crippen LogP contribution in [0.25, 0.3) is 0 Å². The van der Waals surface area contributed by atoms with Crippen LogP contribution in [0.5, 0.6) is 0 Å². The van der Waals surface area contributed by atoms with Gasteiger partial charge in [0.2, 0.25) is 0 Å². The number of Topliss-reactive ketones (excluding diaryl/α,β-unsaturated/α-hetero) is 1. The lowest BCUT2D eigenvalue weighted by molar-refractivity contribution is -0.347. The molecule has 0 aromatic heterocycles. The summed E-state index contributed by atoms with van der Waals surface area (Å²) in [5.41, 5.74) is -5.89. The molecule has 3 fully saturated rings. The number of hydrogen-bond acceptors (Lipinski definition) is 18. The Morgan fingerprint density at radius 1 is 0.867 bits per heavy atom. The molecule has 3 aromatic rings. The zero-order chi connectivity index (χ0) is 55.3. The van der Waals surface area contributed by atoms with E-state index in [1.807, 2.05) is 23.5 Å². The van der Waals surface area contributed by atoms with Gasteiger partial charge in [0.25, 0.3) is 0 Å². The van der Waals surface area contributed by atoms with Crippen molar-refractivity contribution in [1.29, 1.82) is 0 Å². The van der Waals surface area contributed by atoms with Crippen molar-refractivity contribution in [3.8, 4) is 0 Å². The summed E-state index contributed by atoms with van der Waals surface area (Å²) >= 11 is 0. The van der Waals surface area contributed by atoms with E-state index in [0.717, 1.165) is 5.56 Å². The second-order valence-corrected chi connectivity index (χ2v) is 20.8. The predicted octanol–water partition coefficient (Wildman–Crippen LogP) is 4.23. The minimum atomic E-state index is -2.22. The average molecular weight is 1040 g/mol. The molecule has 1 heterocycles. The molecule has 0 radical (unpaired) electrons. The van der Waals surface area contributed by atoms with E-state index in [1.165, 1.54) is 21.1 Å². The van der Waals surface area contributed by atoms with Gasteiger partial charge >= 0.3 is 30.1 Å². The molecule has 0 unspecified atom stereocenters. The summed E-state index contributed by atoms with van der Waals surface area (Å²) < 4.78 is 47.1. The van der Waals surface area contributed by atoms with Crippen LogP contribution in [0.2, 0.25) is 0 Å². The fourth-order valence-corrected chi connectivity index (χ4v) is 11.0. The molecule has 4 N–H and O–H groups in total. The molecular formula is C55H67N2O18-. The number of methoxy groups -OCH3 is 2. The fraction of sp³-hybridized carbons (Fsp3) is 0.509. The Kier molecular flexibility index (Phi) is 17.7. The number of ether oxygens (including phenoxy) is 8. The van der Waals surface area contributed by atoms with Gasteiger partial charge in [-0.1, -0.05) is 92.7 Å². The first kappa shape index (κ1) is 57.6. The molecule has 1 aliphatic heterocycles. The monoisotopic (exact) mass is 1040 g/mol. The van der Waals surface area contributed by atoms with Crippen LogP contribution < -0.4 is 15.7 Å². The molecule has 3 aromatic carbocycles. The Hall–Kier alpha value is -6.71. The number of nitrogens with one attached hydrogen (secondary N) is 2. The van der Waals surface area contributed by atoms with Gasteiger partial charge in [0.05, 0.1) is 48.2 Å². The molecule has 7 rings (SSSR count). The number of rotatable bonds is 14. The van der Waals surface area contributed by atoms with Crippen LogP contribution in [0.3, 0.4) is 0 Å². The number of alkyl carbamates (subject to hydrolysis) is 2. The van der Waals surface area contributed by atoms with E-state index in [-0.39, 0.29) is 30.8 Å². The van der Waals surface area contributed by atoms with Crippen molar-refractivity contribution in [1.82, 2.24) is 10.6 Å². The second kappa shape index (κ2) is 23.0. The molecule has 4 aliphatic rings. The van der Waals surface area contributed by atoms with Crippen LogP contribution in [-0.2, 0) is 63.7 Å². The first-order chi connectivity index (χ1) is 35.2. The highest BCUT2D eigenvalue weighted by molar-refractivity contribution is 5.94. The minimum Gasteiger partial charge on any atom is -0.548 e. The number of hydrogen-bond donors (Lipinski definition) is 4. The number of amides is 2. The van der Waals surface area contributed by atoms with Gasteiger partial charge in [-0.05, 0) is 69.0 Å². The number of carbonyl (C=O) groups is 7. The van der Waals surface area contributed by atoms with Crippen molar-refractivity contribution in [3.05, 3.63) is 119 Å². The van der Waals surface area contributed by atoms with E-state index in [0.29, 0.717) is 11.1 Å². The Morgan fingerprint density at radius 3 is 2.00 bits per heavy atom. The third kappa shape index (κ3) is 11.9. The summed E-state index contributed by atoms with van der Waals surface area (Å²) in [7, 11) is 2.78. The Morgan fingerprint density at radius 2 is 1.47 bits per heavy atom. The van der Waals surface area contributed by atoms with Gasteiger partial charge in [0, 0.05) is 39.4 Å². The van der Waals surface area contributed by atoms with Crippen molar-refractivity contribution in [2.75, 3.05) is 27.4 Å². The number of fused-ring (bicyclic) bond motifs is 5. The average Bonchev–Trinajstić information content (AvgIpc) is 3.35. The number of aliphatic carboxylic acids is 1. The standard InChI is InChI=1S/C45H57NO14.C10H11NO4/c1-24-28(57-39(51)33(48)32(26-17-13-11-14-18-26)46-40(52)60-41(3,4)5)22-45(53)37(58-38(50)27-19-15-12-16-20-27)35-43(8,36(49)34(55-10)31(24)42(45,6)7)29(54-9)21-30-44(35,23-56-30)59-25(2)47;12-9(13)6-11-10(14)15-7-8-4-2-1-3-5-8/h11-20,28-30,32-35,37,48,53H,21-23H2,1-10H3,(H,46,52);1-5H,6-7H2,(H,11,14)(H,12,13)/p-1/t28-,29-,30+,32-,33+,34+,35-,37-,43+,44-,45+;/m0./s1. The van der Waals surface area contributed by atoms with E-state index in [4.69, 9.17) is 37.9 Å². The van der Waals surface area contributed by atoms with Gasteiger partial charge in [-0.2, -0.15) is 0 Å². The zero-order valence-corrected chi connectivity index (χ0v) is 43.7. The molecule has 11 atom stereocenters. The van der Waals surface area contributed by atoms with Crippen LogP contribution in [0, 0.1) is 16.7 Å². The number of aliphatic hydroxyl groups is 2. The highest BCUT2D eigenvalue weighted by Gasteiger charge is 2.78. The summed E-state index contributed by atoms with van der Waals surface area (Å²) in [6, 6.07) is 24.1. The molecule has 75 heavy (non-hydrogen) atoms. The number of carboxylic acid groups (broad SMARTS) is 1. The van der Waals surface area contributed by atoms with Gasteiger partial charge in [-0.15, -0.1) is 0 Å². The maximum Gasteiger partial charge on any atom is 0.408 e. The number of aliphatic hydroxyl groups excluding tert-OH is 1. The van der Waals surface area contributed by atoms with Crippen molar-refractivity contribution in [3.63, 3.8) is 0 Å². The summed E-state index contributed by atoms with van der Waals surface area (Å²) in [4.78, 5) is 91.0. The van der Waals surface area contributed by atoms with Crippen molar-refractivity contribution < 1.29 is 86.8 Å². The van der Waals surface area contributed by atoms with Crippen LogP contribution in [0.15, 0.2) is 102 Å². The van der Waals surface area contributed by atoms with E-state index in [9.17, 15) is 44.1 Å². The van der Waals surface area contributed by atoms with Crippen molar-refractivity contribution in [2.45, 2.75) is 134 Å². The Labute approximate surface area is 435 Å². The summed E-state index contributed by atoms with van der Waals surface area (Å²) in [6.45, 7) is 12.3. The predicted molar refractivity (Wildman–Crippen MR) is 263 cm³/mol. The fourth-order valence-electron chi connectivity index (χ4n) is 11.0. The molecule has 0 spiro atoms. The number of benzene rings is 3. The normalized spacial score (nSPS) is 28.2. The summed E-state index contributed by atoms with van der Waals surface area (Å²) in [5, 5.41) is 40.0. The number of esters is 3. The maximum atomic E-state index is 15.5. The van der Waals surface area contributed by atoms with E-state index >= 15 is 4.79 Å². The number of carbonyl (C=O) groups excluding carboxylic acids is 7. The maximum absolute atomic E-state index is 15.5. The largest absolute Gasteiger partial charge is 0.548 e. The molecule has 20 heteroatoms. The zero-order valence-electron chi connectivity index (χ0n) is 43.7.